The average molecular weight is 415 g/mol. The summed E-state index contributed by atoms with van der Waals surface area (Å²) in [6.07, 6.45) is 0. The first-order chi connectivity index (χ1) is 11.0. The number of aryl methyl sites for hydroxylation is 1. The first-order valence-corrected chi connectivity index (χ1v) is 9.28. The van der Waals surface area contributed by atoms with Gasteiger partial charge in [0.05, 0.1) is 18.6 Å². The largest absolute Gasteiger partial charge is 0.495 e. The van der Waals surface area contributed by atoms with E-state index in [1.807, 2.05) is 37.3 Å². The van der Waals surface area contributed by atoms with Gasteiger partial charge in [0, 0.05) is 21.3 Å². The zero-order chi connectivity index (χ0) is 16.8. The van der Waals surface area contributed by atoms with Gasteiger partial charge >= 0.3 is 0 Å². The minimum absolute atomic E-state index is 0.0628. The van der Waals surface area contributed by atoms with Crippen LogP contribution in [0.5, 0.6) is 5.75 Å². The van der Waals surface area contributed by atoms with E-state index < -0.39 is 0 Å². The number of hydrogen-bond acceptors (Lipinski definition) is 3. The molecule has 2 rings (SSSR count). The number of thioether (sulfide) groups is 1. The molecule has 0 unspecified atom stereocenters. The first-order valence-electron chi connectivity index (χ1n) is 6.95. The Morgan fingerprint density at radius 1 is 1.30 bits per heavy atom. The summed E-state index contributed by atoms with van der Waals surface area (Å²) in [7, 11) is 1.55. The Balaban J connectivity index is 1.89. The Morgan fingerprint density at radius 3 is 2.65 bits per heavy atom. The van der Waals surface area contributed by atoms with E-state index in [0.717, 1.165) is 15.8 Å². The van der Waals surface area contributed by atoms with E-state index in [1.54, 1.807) is 24.9 Å². The molecule has 0 atom stereocenters. The molecule has 23 heavy (non-hydrogen) atoms. The lowest BCUT2D eigenvalue weighted by Gasteiger charge is -2.12. The van der Waals surface area contributed by atoms with Gasteiger partial charge < -0.3 is 10.1 Å². The highest BCUT2D eigenvalue weighted by molar-refractivity contribution is 9.10. The van der Waals surface area contributed by atoms with Crippen molar-refractivity contribution in [3.05, 3.63) is 57.0 Å². The van der Waals surface area contributed by atoms with E-state index in [0.29, 0.717) is 22.2 Å². The molecule has 0 heterocycles. The Hall–Kier alpha value is -1.17. The number of anilines is 1. The smallest absolute Gasteiger partial charge is 0.234 e. The zero-order valence-electron chi connectivity index (χ0n) is 12.9. The van der Waals surface area contributed by atoms with Crippen LogP contribution in [0.2, 0.25) is 5.02 Å². The van der Waals surface area contributed by atoms with E-state index in [1.165, 1.54) is 5.56 Å². The van der Waals surface area contributed by atoms with Crippen LogP contribution in [-0.4, -0.2) is 18.8 Å². The maximum Gasteiger partial charge on any atom is 0.234 e. The molecule has 6 heteroatoms. The van der Waals surface area contributed by atoms with Crippen LogP contribution < -0.4 is 10.1 Å². The van der Waals surface area contributed by atoms with Crippen LogP contribution in [0.25, 0.3) is 0 Å². The molecule has 0 spiro atoms. The highest BCUT2D eigenvalue weighted by Gasteiger charge is 2.10. The van der Waals surface area contributed by atoms with Crippen molar-refractivity contribution < 1.29 is 9.53 Å². The number of rotatable bonds is 6. The Kier molecular flexibility index (Phi) is 6.81. The van der Waals surface area contributed by atoms with E-state index in [2.05, 4.69) is 21.2 Å². The molecule has 1 N–H and O–H groups in total. The number of nitrogens with one attached hydrogen (secondary N) is 1. The van der Waals surface area contributed by atoms with E-state index in [9.17, 15) is 4.79 Å². The molecular weight excluding hydrogens is 398 g/mol. The van der Waals surface area contributed by atoms with Crippen molar-refractivity contribution in [2.24, 2.45) is 0 Å². The van der Waals surface area contributed by atoms with Crippen LogP contribution >= 0.6 is 39.3 Å². The lowest BCUT2D eigenvalue weighted by molar-refractivity contribution is -0.113. The standard InChI is InChI=1S/C17H17BrClNO2S/c1-11-7-15(16(22-2)8-14(11)19)20-17(21)10-23-9-12-3-5-13(18)6-4-12/h3-8H,9-10H2,1-2H3,(H,20,21). The molecule has 3 nitrogen and oxygen atoms in total. The normalized spacial score (nSPS) is 10.4. The fourth-order valence-corrected chi connectivity index (χ4v) is 3.16. The summed E-state index contributed by atoms with van der Waals surface area (Å²) < 4.78 is 6.31. The first kappa shape index (κ1) is 18.2. The number of carbonyl (C=O) groups is 1. The molecule has 2 aromatic rings. The summed E-state index contributed by atoms with van der Waals surface area (Å²) in [6, 6.07) is 11.6. The SMILES string of the molecule is COc1cc(Cl)c(C)cc1NC(=O)CSCc1ccc(Br)cc1. The summed E-state index contributed by atoms with van der Waals surface area (Å²) in [4.78, 5) is 12.1. The second-order valence-corrected chi connectivity index (χ2v) is 7.28. The van der Waals surface area contributed by atoms with Crippen LogP contribution in [-0.2, 0) is 10.5 Å². The Bertz CT molecular complexity index is 692. The number of amides is 1. The lowest BCUT2D eigenvalue weighted by Crippen LogP contribution is -2.15. The Labute approximate surface area is 153 Å². The minimum atomic E-state index is -0.0628. The highest BCUT2D eigenvalue weighted by Crippen LogP contribution is 2.31. The van der Waals surface area contributed by atoms with Gasteiger partial charge in [0.1, 0.15) is 5.75 Å². The minimum Gasteiger partial charge on any atom is -0.495 e. The molecule has 0 aliphatic rings. The van der Waals surface area contributed by atoms with Crippen molar-refractivity contribution in [2.45, 2.75) is 12.7 Å². The second kappa shape index (κ2) is 8.62. The van der Waals surface area contributed by atoms with Gasteiger partial charge in [-0.05, 0) is 36.2 Å². The van der Waals surface area contributed by atoms with E-state index in [-0.39, 0.29) is 5.91 Å². The molecule has 122 valence electrons. The van der Waals surface area contributed by atoms with Crippen molar-refractivity contribution in [1.29, 1.82) is 0 Å². The lowest BCUT2D eigenvalue weighted by atomic mass is 10.2. The number of ether oxygens (including phenoxy) is 1. The summed E-state index contributed by atoms with van der Waals surface area (Å²) in [5.74, 6) is 1.66. The van der Waals surface area contributed by atoms with Crippen LogP contribution in [0.3, 0.4) is 0 Å². The van der Waals surface area contributed by atoms with Gasteiger partial charge in [-0.25, -0.2) is 0 Å². The van der Waals surface area contributed by atoms with Crippen molar-refractivity contribution >= 4 is 50.9 Å². The predicted molar refractivity (Wildman–Crippen MR) is 102 cm³/mol. The topological polar surface area (TPSA) is 38.3 Å². The number of carbonyl (C=O) groups excluding carboxylic acids is 1. The number of hydrogen-bond donors (Lipinski definition) is 1. The van der Waals surface area contributed by atoms with Crippen LogP contribution in [0.15, 0.2) is 40.9 Å². The summed E-state index contributed by atoms with van der Waals surface area (Å²) in [6.45, 7) is 1.89. The Morgan fingerprint density at radius 2 is 2.00 bits per heavy atom. The van der Waals surface area contributed by atoms with Gasteiger partial charge in [-0.1, -0.05) is 39.7 Å². The fraction of sp³-hybridized carbons (Fsp3) is 0.235. The summed E-state index contributed by atoms with van der Waals surface area (Å²) in [5, 5.41) is 3.49. The molecule has 2 aromatic carbocycles. The second-order valence-electron chi connectivity index (χ2n) is 4.97. The maximum atomic E-state index is 12.1. The van der Waals surface area contributed by atoms with Gasteiger partial charge in [-0.2, -0.15) is 0 Å². The summed E-state index contributed by atoms with van der Waals surface area (Å²) in [5.41, 5.74) is 2.72. The third kappa shape index (κ3) is 5.44. The molecule has 0 fully saturated rings. The molecule has 0 aliphatic heterocycles. The van der Waals surface area contributed by atoms with Crippen molar-refractivity contribution in [1.82, 2.24) is 0 Å². The molecule has 0 aliphatic carbocycles. The van der Waals surface area contributed by atoms with Crippen molar-refractivity contribution in [3.8, 4) is 5.75 Å². The monoisotopic (exact) mass is 413 g/mol. The van der Waals surface area contributed by atoms with Gasteiger partial charge in [-0.15, -0.1) is 11.8 Å². The quantitative estimate of drug-likeness (QED) is 0.698. The molecule has 1 amide bonds. The maximum absolute atomic E-state index is 12.1. The zero-order valence-corrected chi connectivity index (χ0v) is 16.0. The fourth-order valence-electron chi connectivity index (χ4n) is 1.96. The summed E-state index contributed by atoms with van der Waals surface area (Å²) >= 11 is 11.0. The van der Waals surface area contributed by atoms with Crippen molar-refractivity contribution in [3.63, 3.8) is 0 Å². The van der Waals surface area contributed by atoms with Gasteiger partial charge in [0.25, 0.3) is 0 Å². The number of halogens is 2. The van der Waals surface area contributed by atoms with E-state index >= 15 is 0 Å². The van der Waals surface area contributed by atoms with E-state index in [4.69, 9.17) is 16.3 Å². The average Bonchev–Trinajstić information content (AvgIpc) is 2.52. The van der Waals surface area contributed by atoms with Crippen LogP contribution in [0, 0.1) is 6.92 Å². The van der Waals surface area contributed by atoms with Crippen LogP contribution in [0.1, 0.15) is 11.1 Å². The highest BCUT2D eigenvalue weighted by atomic mass is 79.9. The number of benzene rings is 2. The number of methoxy groups -OCH3 is 1. The molecule has 0 radical (unpaired) electrons. The predicted octanol–water partition coefficient (Wildman–Crippen LogP) is 5.29. The van der Waals surface area contributed by atoms with Gasteiger partial charge in [0.2, 0.25) is 5.91 Å². The molecule has 0 saturated heterocycles. The third-order valence-electron chi connectivity index (χ3n) is 3.17. The molecular formula is C17H17BrClNO2S. The molecule has 0 bridgehead atoms. The molecule has 0 aromatic heterocycles. The van der Waals surface area contributed by atoms with Gasteiger partial charge in [-0.3, -0.25) is 4.79 Å². The van der Waals surface area contributed by atoms with Gasteiger partial charge in [0.15, 0.2) is 0 Å². The third-order valence-corrected chi connectivity index (χ3v) is 5.11. The van der Waals surface area contributed by atoms with Crippen LogP contribution in [0.4, 0.5) is 5.69 Å². The molecule has 0 saturated carbocycles. The van der Waals surface area contributed by atoms with Crippen molar-refractivity contribution in [2.75, 3.05) is 18.2 Å².